The second-order valence-electron chi connectivity index (χ2n) is 6.87. The molecular weight excluding hydrogens is 446 g/mol. The van der Waals surface area contributed by atoms with Gasteiger partial charge in [0.2, 0.25) is 16.9 Å². The van der Waals surface area contributed by atoms with E-state index < -0.39 is 5.92 Å². The minimum absolute atomic E-state index is 0.120. The van der Waals surface area contributed by atoms with Crippen molar-refractivity contribution in [2.75, 3.05) is 44.5 Å². The van der Waals surface area contributed by atoms with Gasteiger partial charge in [-0.05, 0) is 32.3 Å². The smallest absolute Gasteiger partial charge is 0.290 e. The Morgan fingerprint density at radius 1 is 1.45 bits per heavy atom. The fraction of sp³-hybridized carbons (Fsp3) is 0.421. The van der Waals surface area contributed by atoms with Crippen LogP contribution >= 0.6 is 22.9 Å². The highest BCUT2D eigenvalue weighted by Crippen LogP contribution is 2.32. The van der Waals surface area contributed by atoms with Crippen LogP contribution in [0.1, 0.15) is 11.4 Å². The molecule has 0 saturated carbocycles. The van der Waals surface area contributed by atoms with E-state index in [1.807, 2.05) is 14.1 Å². The fourth-order valence-corrected chi connectivity index (χ4v) is 3.87. The molecule has 2 heterocycles. The van der Waals surface area contributed by atoms with E-state index in [0.29, 0.717) is 28.1 Å². The normalized spacial score (nSPS) is 15.5. The van der Waals surface area contributed by atoms with Crippen molar-refractivity contribution >= 4 is 52.0 Å². The molecule has 10 nitrogen and oxygen atoms in total. The van der Waals surface area contributed by atoms with Crippen LogP contribution < -0.4 is 15.0 Å². The zero-order chi connectivity index (χ0) is 23.0. The third-order valence-electron chi connectivity index (χ3n) is 4.41. The van der Waals surface area contributed by atoms with Gasteiger partial charge in [0.05, 0.1) is 18.1 Å². The Balaban J connectivity index is 0.00000107. The average Bonchev–Trinajstić information content (AvgIpc) is 3.33. The molecule has 0 radical (unpaired) electrons. The van der Waals surface area contributed by atoms with Crippen LogP contribution in [-0.2, 0) is 20.8 Å². The molecule has 1 aliphatic rings. The lowest BCUT2D eigenvalue weighted by Gasteiger charge is -2.17. The number of hydrogen-bond acceptors (Lipinski definition) is 8. The number of halogens is 1. The van der Waals surface area contributed by atoms with Crippen molar-refractivity contribution in [2.24, 2.45) is 5.92 Å². The predicted octanol–water partition coefficient (Wildman–Crippen LogP) is 2.00. The monoisotopic (exact) mass is 469 g/mol. The summed E-state index contributed by atoms with van der Waals surface area (Å²) in [6.45, 7) is 0.901. The molecule has 12 heteroatoms. The Hall–Kier alpha value is -2.76. The summed E-state index contributed by atoms with van der Waals surface area (Å²) in [6.07, 6.45) is 0.913. The first-order valence-electron chi connectivity index (χ1n) is 9.28. The number of nitrogens with one attached hydrogen (secondary N) is 1. The lowest BCUT2D eigenvalue weighted by Crippen LogP contribution is -2.28. The third kappa shape index (κ3) is 6.88. The molecule has 1 aliphatic heterocycles. The standard InChI is InChI=1S/C18H22ClN5O3S.CH2O2/c1-23(2)7-6-15-21-22-18(28-15)20-17(26)11-8-16(25)24(10-11)12-4-5-14(27-3)13(19)9-12;2-1-3/h4-5,9,11H,6-8,10H2,1-3H3,(H,20,22,26);1H,(H,2,3). The number of amides is 2. The highest BCUT2D eigenvalue weighted by molar-refractivity contribution is 7.15. The first kappa shape index (κ1) is 24.5. The van der Waals surface area contributed by atoms with E-state index >= 15 is 0 Å². The summed E-state index contributed by atoms with van der Waals surface area (Å²) in [7, 11) is 5.51. The van der Waals surface area contributed by atoms with E-state index in [0.717, 1.165) is 18.0 Å². The Labute approximate surface area is 188 Å². The molecular formula is C19H24ClN5O5S. The summed E-state index contributed by atoms with van der Waals surface area (Å²) < 4.78 is 5.13. The second kappa shape index (κ2) is 11.6. The van der Waals surface area contributed by atoms with Gasteiger partial charge in [0.1, 0.15) is 10.8 Å². The third-order valence-corrected chi connectivity index (χ3v) is 5.61. The van der Waals surface area contributed by atoms with Gasteiger partial charge in [-0.3, -0.25) is 14.4 Å². The van der Waals surface area contributed by atoms with Gasteiger partial charge in [-0.1, -0.05) is 22.9 Å². The Bertz CT molecular complexity index is 923. The van der Waals surface area contributed by atoms with E-state index in [2.05, 4.69) is 20.4 Å². The highest BCUT2D eigenvalue weighted by atomic mass is 35.5. The Morgan fingerprint density at radius 3 is 2.77 bits per heavy atom. The van der Waals surface area contributed by atoms with Crippen LogP contribution in [-0.4, -0.2) is 72.8 Å². The van der Waals surface area contributed by atoms with Gasteiger partial charge in [-0.25, -0.2) is 0 Å². The van der Waals surface area contributed by atoms with Crippen LogP contribution in [0.25, 0.3) is 0 Å². The maximum atomic E-state index is 12.6. The summed E-state index contributed by atoms with van der Waals surface area (Å²) in [5.74, 6) is -0.272. The predicted molar refractivity (Wildman–Crippen MR) is 118 cm³/mol. The summed E-state index contributed by atoms with van der Waals surface area (Å²) in [6, 6.07) is 5.12. The summed E-state index contributed by atoms with van der Waals surface area (Å²) in [5, 5.41) is 19.5. The number of anilines is 2. The van der Waals surface area contributed by atoms with Crippen molar-refractivity contribution in [1.82, 2.24) is 15.1 Å². The van der Waals surface area contributed by atoms with Crippen LogP contribution in [0, 0.1) is 5.92 Å². The van der Waals surface area contributed by atoms with Crippen molar-refractivity contribution in [3.63, 3.8) is 0 Å². The number of ether oxygens (including phenoxy) is 1. The second-order valence-corrected chi connectivity index (χ2v) is 8.34. The van der Waals surface area contributed by atoms with Gasteiger partial charge in [0, 0.05) is 31.6 Å². The quantitative estimate of drug-likeness (QED) is 0.590. The molecule has 2 N–H and O–H groups in total. The highest BCUT2D eigenvalue weighted by Gasteiger charge is 2.35. The molecule has 1 saturated heterocycles. The van der Waals surface area contributed by atoms with Crippen molar-refractivity contribution in [3.05, 3.63) is 28.2 Å². The van der Waals surface area contributed by atoms with Gasteiger partial charge in [0.25, 0.3) is 6.47 Å². The maximum absolute atomic E-state index is 12.6. The van der Waals surface area contributed by atoms with E-state index in [1.54, 1.807) is 23.1 Å². The topological polar surface area (TPSA) is 125 Å². The van der Waals surface area contributed by atoms with E-state index in [9.17, 15) is 9.59 Å². The molecule has 2 aromatic rings. The first-order valence-corrected chi connectivity index (χ1v) is 10.5. The summed E-state index contributed by atoms with van der Waals surface area (Å²) in [5.41, 5.74) is 0.646. The molecule has 3 rings (SSSR count). The molecule has 0 spiro atoms. The number of benzene rings is 1. The average molecular weight is 470 g/mol. The fourth-order valence-electron chi connectivity index (χ4n) is 2.89. The van der Waals surface area contributed by atoms with Crippen molar-refractivity contribution in [1.29, 1.82) is 0 Å². The minimum Gasteiger partial charge on any atom is -0.495 e. The van der Waals surface area contributed by atoms with E-state index in [-0.39, 0.29) is 24.7 Å². The van der Waals surface area contributed by atoms with E-state index in [1.165, 1.54) is 18.4 Å². The van der Waals surface area contributed by atoms with Gasteiger partial charge in [-0.2, -0.15) is 0 Å². The number of hydrogen-bond donors (Lipinski definition) is 2. The van der Waals surface area contributed by atoms with Crippen LogP contribution in [0.4, 0.5) is 10.8 Å². The number of carboxylic acid groups (broad SMARTS) is 1. The van der Waals surface area contributed by atoms with Crippen LogP contribution in [0.3, 0.4) is 0 Å². The van der Waals surface area contributed by atoms with Gasteiger partial charge < -0.3 is 25.0 Å². The van der Waals surface area contributed by atoms with Crippen LogP contribution in [0.15, 0.2) is 18.2 Å². The molecule has 168 valence electrons. The molecule has 0 aliphatic carbocycles. The zero-order valence-electron chi connectivity index (χ0n) is 17.4. The van der Waals surface area contributed by atoms with Crippen LogP contribution in [0.5, 0.6) is 5.75 Å². The zero-order valence-corrected chi connectivity index (χ0v) is 18.9. The van der Waals surface area contributed by atoms with Gasteiger partial charge >= 0.3 is 0 Å². The molecule has 1 aromatic carbocycles. The lowest BCUT2D eigenvalue weighted by atomic mass is 10.1. The Morgan fingerprint density at radius 2 is 2.16 bits per heavy atom. The molecule has 1 aromatic heterocycles. The van der Waals surface area contributed by atoms with Crippen molar-refractivity contribution < 1.29 is 24.2 Å². The minimum atomic E-state index is -0.456. The maximum Gasteiger partial charge on any atom is 0.290 e. The number of rotatable bonds is 7. The summed E-state index contributed by atoms with van der Waals surface area (Å²) in [4.78, 5) is 37.0. The number of methoxy groups -OCH3 is 1. The molecule has 31 heavy (non-hydrogen) atoms. The SMILES string of the molecule is COc1ccc(N2CC(C(=O)Nc3nnc(CCN(C)C)s3)CC2=O)cc1Cl.O=CO. The number of likely N-dealkylation sites (N-methyl/N-ethyl adjacent to an activating group) is 1. The summed E-state index contributed by atoms with van der Waals surface area (Å²) >= 11 is 7.51. The molecule has 1 atom stereocenters. The number of carbonyl (C=O) groups is 3. The van der Waals surface area contributed by atoms with Gasteiger partial charge in [0.15, 0.2) is 0 Å². The Kier molecular flexibility index (Phi) is 9.16. The molecule has 1 unspecified atom stereocenters. The largest absolute Gasteiger partial charge is 0.495 e. The van der Waals surface area contributed by atoms with Crippen molar-refractivity contribution in [3.8, 4) is 5.75 Å². The van der Waals surface area contributed by atoms with Gasteiger partial charge in [-0.15, -0.1) is 10.2 Å². The first-order chi connectivity index (χ1) is 14.8. The van der Waals surface area contributed by atoms with Crippen LogP contribution in [0.2, 0.25) is 5.02 Å². The molecule has 0 bridgehead atoms. The lowest BCUT2D eigenvalue weighted by molar-refractivity contribution is -0.123. The molecule has 1 fully saturated rings. The number of carbonyl (C=O) groups excluding carboxylic acids is 2. The molecule has 2 amide bonds. The number of nitrogens with zero attached hydrogens (tertiary/aromatic N) is 4. The van der Waals surface area contributed by atoms with Crippen molar-refractivity contribution in [2.45, 2.75) is 12.8 Å². The van der Waals surface area contributed by atoms with E-state index in [4.69, 9.17) is 26.2 Å². The number of aromatic nitrogens is 2.